The summed E-state index contributed by atoms with van der Waals surface area (Å²) in [5, 5.41) is 13.2. The standard InChI is InChI=1S/C33H30N4O3/c1-21(23-8-10-27-19-31(39-3)14-12-25(27)16-23)34-36-30-7-5-6-29(18-30)33(38)37-35-22(2)24-9-11-28-20-32(40-4)15-13-26(28)17-24/h5-20,36H,1-4H3,(H,37,38)/b34-21-,35-22-. The third kappa shape index (κ3) is 5.94. The number of nitrogens with one attached hydrogen (secondary N) is 2. The van der Waals surface area contributed by atoms with E-state index in [-0.39, 0.29) is 5.91 Å². The van der Waals surface area contributed by atoms with Crippen LogP contribution >= 0.6 is 0 Å². The zero-order valence-electron chi connectivity index (χ0n) is 22.9. The third-order valence-corrected chi connectivity index (χ3v) is 6.73. The highest BCUT2D eigenvalue weighted by atomic mass is 16.5. The summed E-state index contributed by atoms with van der Waals surface area (Å²) in [6.07, 6.45) is 0. The molecule has 0 saturated carbocycles. The van der Waals surface area contributed by atoms with Crippen LogP contribution in [-0.2, 0) is 0 Å². The van der Waals surface area contributed by atoms with Gasteiger partial charge in [-0.1, -0.05) is 42.5 Å². The lowest BCUT2D eigenvalue weighted by molar-refractivity contribution is 0.0955. The minimum Gasteiger partial charge on any atom is -0.497 e. The van der Waals surface area contributed by atoms with Crippen LogP contribution in [0, 0.1) is 0 Å². The van der Waals surface area contributed by atoms with Gasteiger partial charge in [-0.3, -0.25) is 10.2 Å². The van der Waals surface area contributed by atoms with Gasteiger partial charge in [0, 0.05) is 5.56 Å². The summed E-state index contributed by atoms with van der Waals surface area (Å²) >= 11 is 0. The number of rotatable bonds is 8. The van der Waals surface area contributed by atoms with E-state index in [0.29, 0.717) is 17.0 Å². The number of anilines is 1. The summed E-state index contributed by atoms with van der Waals surface area (Å²) in [5.41, 5.74) is 10.3. The first-order valence-corrected chi connectivity index (χ1v) is 12.8. The number of hydrogen-bond acceptors (Lipinski definition) is 6. The van der Waals surface area contributed by atoms with E-state index in [0.717, 1.165) is 49.9 Å². The first-order chi connectivity index (χ1) is 19.4. The lowest BCUT2D eigenvalue weighted by Crippen LogP contribution is -2.19. The summed E-state index contributed by atoms with van der Waals surface area (Å²) in [4.78, 5) is 12.8. The molecule has 0 saturated heterocycles. The SMILES string of the molecule is COc1ccc2cc(/C(C)=N\NC(=O)c3cccc(N/N=C(/C)c4ccc5cc(OC)ccc5c4)c3)ccc2c1. The van der Waals surface area contributed by atoms with Gasteiger partial charge in [-0.2, -0.15) is 10.2 Å². The maximum Gasteiger partial charge on any atom is 0.271 e. The van der Waals surface area contributed by atoms with Gasteiger partial charge in [0.15, 0.2) is 0 Å². The van der Waals surface area contributed by atoms with Gasteiger partial charge < -0.3 is 9.47 Å². The van der Waals surface area contributed by atoms with Crippen molar-refractivity contribution in [2.45, 2.75) is 13.8 Å². The van der Waals surface area contributed by atoms with Crippen LogP contribution in [-0.4, -0.2) is 31.6 Å². The van der Waals surface area contributed by atoms with Crippen LogP contribution in [0.2, 0.25) is 0 Å². The lowest BCUT2D eigenvalue weighted by Gasteiger charge is -2.08. The van der Waals surface area contributed by atoms with E-state index in [4.69, 9.17) is 9.47 Å². The van der Waals surface area contributed by atoms with Crippen molar-refractivity contribution < 1.29 is 14.3 Å². The summed E-state index contributed by atoms with van der Waals surface area (Å²) in [7, 11) is 3.31. The Balaban J connectivity index is 1.25. The Kier molecular flexibility index (Phi) is 7.73. The molecule has 0 spiro atoms. The molecule has 5 aromatic rings. The largest absolute Gasteiger partial charge is 0.497 e. The maximum atomic E-state index is 12.8. The topological polar surface area (TPSA) is 84.3 Å². The Morgan fingerprint density at radius 2 is 1.12 bits per heavy atom. The Morgan fingerprint density at radius 1 is 0.600 bits per heavy atom. The van der Waals surface area contributed by atoms with Crippen molar-refractivity contribution in [1.82, 2.24) is 5.43 Å². The predicted octanol–water partition coefficient (Wildman–Crippen LogP) is 7.00. The van der Waals surface area contributed by atoms with E-state index in [1.54, 1.807) is 32.4 Å². The fourth-order valence-corrected chi connectivity index (χ4v) is 4.36. The van der Waals surface area contributed by atoms with Crippen LogP contribution in [0.15, 0.2) is 107 Å². The molecular weight excluding hydrogens is 500 g/mol. The van der Waals surface area contributed by atoms with Gasteiger partial charge in [0.2, 0.25) is 0 Å². The van der Waals surface area contributed by atoms with E-state index in [1.165, 1.54) is 0 Å². The molecule has 40 heavy (non-hydrogen) atoms. The second-order valence-corrected chi connectivity index (χ2v) is 9.38. The number of hydrogen-bond donors (Lipinski definition) is 2. The first kappa shape index (κ1) is 26.4. The third-order valence-electron chi connectivity index (χ3n) is 6.73. The van der Waals surface area contributed by atoms with Crippen LogP contribution in [0.3, 0.4) is 0 Å². The molecule has 5 rings (SSSR count). The van der Waals surface area contributed by atoms with Gasteiger partial charge in [0.1, 0.15) is 11.5 Å². The molecule has 7 heteroatoms. The number of fused-ring (bicyclic) bond motifs is 2. The second-order valence-electron chi connectivity index (χ2n) is 9.38. The average Bonchev–Trinajstić information content (AvgIpc) is 3.01. The predicted molar refractivity (Wildman–Crippen MR) is 163 cm³/mol. The second kappa shape index (κ2) is 11.7. The van der Waals surface area contributed by atoms with E-state index in [2.05, 4.69) is 33.2 Å². The summed E-state index contributed by atoms with van der Waals surface area (Å²) in [6, 6.07) is 31.2. The number of ether oxygens (including phenoxy) is 2. The molecule has 0 unspecified atom stereocenters. The number of methoxy groups -OCH3 is 2. The molecule has 0 aliphatic carbocycles. The molecule has 0 aliphatic heterocycles. The molecule has 0 fully saturated rings. The molecule has 5 aromatic carbocycles. The van der Waals surface area contributed by atoms with Crippen LogP contribution in [0.4, 0.5) is 5.69 Å². The molecule has 7 nitrogen and oxygen atoms in total. The zero-order valence-corrected chi connectivity index (χ0v) is 22.9. The van der Waals surface area contributed by atoms with Crippen LogP contribution in [0.25, 0.3) is 21.5 Å². The lowest BCUT2D eigenvalue weighted by atomic mass is 10.0. The zero-order chi connectivity index (χ0) is 28.1. The molecule has 0 atom stereocenters. The Hall–Kier alpha value is -5.17. The van der Waals surface area contributed by atoms with Crippen molar-refractivity contribution in [3.05, 3.63) is 114 Å². The highest BCUT2D eigenvalue weighted by molar-refractivity contribution is 6.04. The van der Waals surface area contributed by atoms with Crippen molar-refractivity contribution in [3.8, 4) is 11.5 Å². The number of amides is 1. The number of hydrazone groups is 2. The maximum absolute atomic E-state index is 12.8. The number of benzene rings is 5. The van der Waals surface area contributed by atoms with Crippen molar-refractivity contribution in [1.29, 1.82) is 0 Å². The first-order valence-electron chi connectivity index (χ1n) is 12.8. The fraction of sp³-hybridized carbons (Fsp3) is 0.121. The van der Waals surface area contributed by atoms with E-state index in [9.17, 15) is 4.79 Å². The number of carbonyl (C=O) groups is 1. The number of nitrogens with zero attached hydrogens (tertiary/aromatic N) is 2. The van der Waals surface area contributed by atoms with Gasteiger partial charge in [-0.15, -0.1) is 0 Å². The molecule has 2 N–H and O–H groups in total. The van der Waals surface area contributed by atoms with Gasteiger partial charge >= 0.3 is 0 Å². The Morgan fingerprint density at radius 3 is 1.70 bits per heavy atom. The van der Waals surface area contributed by atoms with E-state index in [1.807, 2.05) is 80.6 Å². The van der Waals surface area contributed by atoms with Crippen molar-refractivity contribution in [2.24, 2.45) is 10.2 Å². The Bertz CT molecular complexity index is 1780. The molecule has 0 heterocycles. The summed E-state index contributed by atoms with van der Waals surface area (Å²) < 4.78 is 10.6. The van der Waals surface area contributed by atoms with Crippen molar-refractivity contribution >= 4 is 44.6 Å². The molecule has 1 amide bonds. The molecular formula is C33H30N4O3. The summed E-state index contributed by atoms with van der Waals surface area (Å²) in [5.74, 6) is 1.33. The molecule has 200 valence electrons. The monoisotopic (exact) mass is 530 g/mol. The summed E-state index contributed by atoms with van der Waals surface area (Å²) in [6.45, 7) is 3.80. The van der Waals surface area contributed by atoms with Gasteiger partial charge in [0.25, 0.3) is 5.91 Å². The van der Waals surface area contributed by atoms with Gasteiger partial charge in [0.05, 0.1) is 31.3 Å². The molecule has 0 bridgehead atoms. The van der Waals surface area contributed by atoms with Gasteiger partial charge in [-0.25, -0.2) is 5.43 Å². The van der Waals surface area contributed by atoms with E-state index < -0.39 is 0 Å². The van der Waals surface area contributed by atoms with E-state index >= 15 is 0 Å². The van der Waals surface area contributed by atoms with Crippen LogP contribution in [0.5, 0.6) is 11.5 Å². The number of carbonyl (C=O) groups excluding carboxylic acids is 1. The Labute approximate surface area is 233 Å². The minimum atomic E-state index is -0.306. The van der Waals surface area contributed by atoms with Gasteiger partial charge in [-0.05, 0) is 101 Å². The molecule has 0 aromatic heterocycles. The smallest absolute Gasteiger partial charge is 0.271 e. The normalized spacial score (nSPS) is 11.9. The average molecular weight is 531 g/mol. The highest BCUT2D eigenvalue weighted by Gasteiger charge is 2.08. The molecule has 0 aliphatic rings. The minimum absolute atomic E-state index is 0.306. The highest BCUT2D eigenvalue weighted by Crippen LogP contribution is 2.23. The quantitative estimate of drug-likeness (QED) is 0.167. The fourth-order valence-electron chi connectivity index (χ4n) is 4.36. The molecule has 0 radical (unpaired) electrons. The van der Waals surface area contributed by atoms with Crippen molar-refractivity contribution in [3.63, 3.8) is 0 Å². The van der Waals surface area contributed by atoms with Crippen molar-refractivity contribution in [2.75, 3.05) is 19.6 Å². The van der Waals surface area contributed by atoms with Crippen LogP contribution < -0.4 is 20.3 Å². The van der Waals surface area contributed by atoms with Crippen LogP contribution in [0.1, 0.15) is 35.3 Å².